The number of methoxy groups -OCH3 is 2. The molecule has 0 saturated carbocycles. The SMILES string of the molecule is COC(=O)c1cc(NC(=O)CN(c2ccc(Cl)cc2)S(C)(=O)=O)cc(C(=O)OC)c1. The number of carbonyl (C=O) groups excluding carboxylic acids is 3. The van der Waals surface area contributed by atoms with Crippen molar-refractivity contribution in [2.24, 2.45) is 0 Å². The molecular weight excluding hydrogens is 436 g/mol. The van der Waals surface area contributed by atoms with Crippen molar-refractivity contribution in [2.75, 3.05) is 36.6 Å². The highest BCUT2D eigenvalue weighted by atomic mass is 35.5. The molecule has 0 fully saturated rings. The maximum Gasteiger partial charge on any atom is 0.337 e. The monoisotopic (exact) mass is 454 g/mol. The minimum absolute atomic E-state index is 0.00775. The van der Waals surface area contributed by atoms with E-state index in [1.54, 1.807) is 0 Å². The molecule has 2 aromatic carbocycles. The topological polar surface area (TPSA) is 119 Å². The van der Waals surface area contributed by atoms with Crippen LogP contribution in [-0.2, 0) is 24.3 Å². The van der Waals surface area contributed by atoms with E-state index in [-0.39, 0.29) is 22.5 Å². The first-order valence-electron chi connectivity index (χ1n) is 8.40. The summed E-state index contributed by atoms with van der Waals surface area (Å²) in [6, 6.07) is 9.76. The lowest BCUT2D eigenvalue weighted by atomic mass is 10.1. The van der Waals surface area contributed by atoms with Crippen LogP contribution in [0.1, 0.15) is 20.7 Å². The molecule has 9 nitrogen and oxygen atoms in total. The smallest absolute Gasteiger partial charge is 0.337 e. The molecule has 0 aliphatic rings. The predicted octanol–water partition coefficient (Wildman–Crippen LogP) is 2.32. The highest BCUT2D eigenvalue weighted by Gasteiger charge is 2.22. The van der Waals surface area contributed by atoms with E-state index in [2.05, 4.69) is 14.8 Å². The molecule has 0 aliphatic heterocycles. The zero-order chi connectivity index (χ0) is 22.5. The number of benzene rings is 2. The molecule has 11 heteroatoms. The van der Waals surface area contributed by atoms with Crippen molar-refractivity contribution in [3.8, 4) is 0 Å². The molecule has 0 unspecified atom stereocenters. The lowest BCUT2D eigenvalue weighted by Gasteiger charge is -2.22. The summed E-state index contributed by atoms with van der Waals surface area (Å²) < 4.78 is 34.5. The molecule has 1 amide bonds. The van der Waals surface area contributed by atoms with Crippen LogP contribution in [0.25, 0.3) is 0 Å². The molecule has 160 valence electrons. The normalized spacial score (nSPS) is 10.8. The molecule has 0 aliphatic carbocycles. The van der Waals surface area contributed by atoms with E-state index in [0.29, 0.717) is 5.02 Å². The Balaban J connectivity index is 2.31. The minimum atomic E-state index is -3.79. The lowest BCUT2D eigenvalue weighted by Crippen LogP contribution is -2.37. The van der Waals surface area contributed by atoms with Gasteiger partial charge in [0, 0.05) is 10.7 Å². The highest BCUT2D eigenvalue weighted by molar-refractivity contribution is 7.92. The Hall–Kier alpha value is -3.11. The minimum Gasteiger partial charge on any atom is -0.465 e. The van der Waals surface area contributed by atoms with E-state index in [1.807, 2.05) is 0 Å². The molecule has 0 atom stereocenters. The second-order valence-electron chi connectivity index (χ2n) is 6.08. The van der Waals surface area contributed by atoms with Gasteiger partial charge in [0.2, 0.25) is 15.9 Å². The first kappa shape index (κ1) is 23.2. The van der Waals surface area contributed by atoms with Crippen LogP contribution in [0.2, 0.25) is 5.02 Å². The van der Waals surface area contributed by atoms with E-state index in [1.165, 1.54) is 56.7 Å². The van der Waals surface area contributed by atoms with Crippen LogP contribution >= 0.6 is 11.6 Å². The molecule has 0 radical (unpaired) electrons. The summed E-state index contributed by atoms with van der Waals surface area (Å²) in [4.78, 5) is 36.2. The van der Waals surface area contributed by atoms with Gasteiger partial charge in [0.05, 0.1) is 37.3 Å². The number of halogens is 1. The van der Waals surface area contributed by atoms with Crippen LogP contribution in [0, 0.1) is 0 Å². The summed E-state index contributed by atoms with van der Waals surface area (Å²) in [5, 5.41) is 2.89. The average molecular weight is 455 g/mol. The Morgan fingerprint density at radius 3 is 1.90 bits per heavy atom. The third-order valence-corrected chi connectivity index (χ3v) is 5.25. The first-order chi connectivity index (χ1) is 14.0. The lowest BCUT2D eigenvalue weighted by molar-refractivity contribution is -0.114. The molecule has 0 spiro atoms. The number of esters is 2. The molecule has 2 aromatic rings. The summed E-state index contributed by atoms with van der Waals surface area (Å²) in [7, 11) is -1.45. The predicted molar refractivity (Wildman–Crippen MR) is 111 cm³/mol. The Kier molecular flexibility index (Phi) is 7.41. The summed E-state index contributed by atoms with van der Waals surface area (Å²) in [5.74, 6) is -2.15. The molecule has 0 heterocycles. The zero-order valence-corrected chi connectivity index (χ0v) is 17.9. The van der Waals surface area contributed by atoms with Crippen LogP contribution < -0.4 is 9.62 Å². The van der Waals surface area contributed by atoms with Crippen LogP contribution in [0.5, 0.6) is 0 Å². The Bertz CT molecular complexity index is 1030. The summed E-state index contributed by atoms with van der Waals surface area (Å²) in [6.07, 6.45) is 0.960. The van der Waals surface area contributed by atoms with Gasteiger partial charge >= 0.3 is 11.9 Å². The Labute approximate surface area is 178 Å². The highest BCUT2D eigenvalue weighted by Crippen LogP contribution is 2.21. The summed E-state index contributed by atoms with van der Waals surface area (Å²) in [5.41, 5.74) is 0.352. The van der Waals surface area contributed by atoms with Crippen molar-refractivity contribution in [3.05, 3.63) is 58.6 Å². The zero-order valence-electron chi connectivity index (χ0n) is 16.3. The number of ether oxygens (including phenoxy) is 2. The number of nitrogens with one attached hydrogen (secondary N) is 1. The van der Waals surface area contributed by atoms with Gasteiger partial charge in [-0.3, -0.25) is 9.10 Å². The molecule has 30 heavy (non-hydrogen) atoms. The van der Waals surface area contributed by atoms with Gasteiger partial charge in [0.15, 0.2) is 0 Å². The van der Waals surface area contributed by atoms with Crippen LogP contribution in [0.15, 0.2) is 42.5 Å². The maximum atomic E-state index is 12.5. The van der Waals surface area contributed by atoms with Crippen molar-refractivity contribution < 1.29 is 32.3 Å². The van der Waals surface area contributed by atoms with Crippen molar-refractivity contribution in [3.63, 3.8) is 0 Å². The van der Waals surface area contributed by atoms with Gasteiger partial charge in [0.25, 0.3) is 0 Å². The van der Waals surface area contributed by atoms with Gasteiger partial charge in [-0.2, -0.15) is 0 Å². The number of hydrogen-bond donors (Lipinski definition) is 1. The fraction of sp³-hybridized carbons (Fsp3) is 0.211. The third-order valence-electron chi connectivity index (χ3n) is 3.86. The van der Waals surface area contributed by atoms with Crippen LogP contribution in [0.4, 0.5) is 11.4 Å². The second-order valence-corrected chi connectivity index (χ2v) is 8.42. The van der Waals surface area contributed by atoms with Gasteiger partial charge in [-0.25, -0.2) is 18.0 Å². The Morgan fingerprint density at radius 1 is 0.967 bits per heavy atom. The average Bonchev–Trinajstić information content (AvgIpc) is 2.70. The van der Waals surface area contributed by atoms with Crippen molar-refractivity contribution in [1.29, 1.82) is 0 Å². The van der Waals surface area contributed by atoms with Crippen LogP contribution in [-0.4, -0.2) is 53.3 Å². The van der Waals surface area contributed by atoms with Gasteiger partial charge in [-0.1, -0.05) is 11.6 Å². The van der Waals surface area contributed by atoms with Gasteiger partial charge in [0.1, 0.15) is 6.54 Å². The molecule has 2 rings (SSSR count). The fourth-order valence-electron chi connectivity index (χ4n) is 2.51. The number of nitrogens with zero attached hydrogens (tertiary/aromatic N) is 1. The van der Waals surface area contributed by atoms with Crippen molar-refractivity contribution in [1.82, 2.24) is 0 Å². The van der Waals surface area contributed by atoms with E-state index in [9.17, 15) is 22.8 Å². The molecular formula is C19H19ClN2O7S. The van der Waals surface area contributed by atoms with Crippen LogP contribution in [0.3, 0.4) is 0 Å². The number of amides is 1. The maximum absolute atomic E-state index is 12.5. The molecule has 0 saturated heterocycles. The number of hydrogen-bond acceptors (Lipinski definition) is 7. The van der Waals surface area contributed by atoms with Crippen molar-refractivity contribution >= 4 is 50.8 Å². The summed E-state index contributed by atoms with van der Waals surface area (Å²) in [6.45, 7) is -0.545. The standard InChI is InChI=1S/C19H19ClN2O7S/c1-28-18(24)12-8-13(19(25)29-2)10-15(9-12)21-17(23)11-22(30(3,26)27)16-6-4-14(20)5-7-16/h4-10H,11H2,1-3H3,(H,21,23). The van der Waals surface area contributed by atoms with Gasteiger partial charge in [-0.15, -0.1) is 0 Å². The molecule has 0 bridgehead atoms. The van der Waals surface area contributed by atoms with Gasteiger partial charge < -0.3 is 14.8 Å². The Morgan fingerprint density at radius 2 is 1.47 bits per heavy atom. The number of anilines is 2. The third kappa shape index (κ3) is 5.94. The number of sulfonamides is 1. The largest absolute Gasteiger partial charge is 0.465 e. The number of carbonyl (C=O) groups is 3. The van der Waals surface area contributed by atoms with E-state index in [4.69, 9.17) is 11.6 Å². The van der Waals surface area contributed by atoms with E-state index in [0.717, 1.165) is 10.6 Å². The second kappa shape index (κ2) is 9.59. The molecule has 0 aromatic heterocycles. The van der Waals surface area contributed by atoms with E-state index >= 15 is 0 Å². The summed E-state index contributed by atoms with van der Waals surface area (Å²) >= 11 is 5.83. The fourth-order valence-corrected chi connectivity index (χ4v) is 3.49. The number of rotatable bonds is 7. The quantitative estimate of drug-likeness (QED) is 0.637. The molecule has 1 N–H and O–H groups in total. The van der Waals surface area contributed by atoms with Crippen molar-refractivity contribution in [2.45, 2.75) is 0 Å². The first-order valence-corrected chi connectivity index (χ1v) is 10.6. The van der Waals surface area contributed by atoms with E-state index < -0.39 is 34.4 Å². The van der Waals surface area contributed by atoms with Gasteiger partial charge in [-0.05, 0) is 42.5 Å².